The molecule has 0 radical (unpaired) electrons. The minimum absolute atomic E-state index is 0.0230. The molecular formula is C30H49N3O4S. The van der Waals surface area contributed by atoms with Crippen LogP contribution in [0.15, 0.2) is 0 Å². The van der Waals surface area contributed by atoms with Crippen molar-refractivity contribution >= 4 is 35.1 Å². The minimum atomic E-state index is -0.742. The van der Waals surface area contributed by atoms with Gasteiger partial charge in [-0.15, -0.1) is 0 Å². The van der Waals surface area contributed by atoms with Gasteiger partial charge in [-0.05, 0) is 74.9 Å². The van der Waals surface area contributed by atoms with E-state index in [9.17, 15) is 14.4 Å². The van der Waals surface area contributed by atoms with Crippen LogP contribution in [0.2, 0.25) is 0 Å². The molecule has 1 aliphatic heterocycles. The third kappa shape index (κ3) is 7.70. The average molecular weight is 548 g/mol. The second-order valence-electron chi connectivity index (χ2n) is 12.6. The zero-order chi connectivity index (χ0) is 27.0. The molecule has 4 saturated carbocycles. The lowest BCUT2D eigenvalue weighted by Crippen LogP contribution is -2.62. The van der Waals surface area contributed by atoms with Crippen LogP contribution in [0.4, 0.5) is 0 Å². The molecule has 5 aliphatic rings. The zero-order valence-corrected chi connectivity index (χ0v) is 24.3. The van der Waals surface area contributed by atoms with Gasteiger partial charge in [-0.25, -0.2) is 0 Å². The highest BCUT2D eigenvalue weighted by Gasteiger charge is 2.55. The molecule has 214 valence electrons. The molecule has 1 heterocycles. The summed E-state index contributed by atoms with van der Waals surface area (Å²) in [6.07, 6.45) is 18.9. The molecule has 4 aliphatic carbocycles. The number of esters is 1. The summed E-state index contributed by atoms with van der Waals surface area (Å²) in [6.45, 7) is 3.54. The molecule has 7 nitrogen and oxygen atoms in total. The number of ether oxygens (including phenoxy) is 1. The van der Waals surface area contributed by atoms with E-state index in [1.807, 2.05) is 0 Å². The molecule has 1 unspecified atom stereocenters. The molecule has 5 fully saturated rings. The maximum absolute atomic E-state index is 13.5. The number of nitrogens with zero attached hydrogens (tertiary/aromatic N) is 1. The number of unbranched alkanes of at least 4 members (excludes halogenated alkanes) is 9. The minimum Gasteiger partial charge on any atom is -0.466 e. The molecule has 8 heteroatoms. The number of piperazine rings is 1. The quantitative estimate of drug-likeness (QED) is 0.175. The summed E-state index contributed by atoms with van der Waals surface area (Å²) in [5.41, 5.74) is -0.305. The summed E-state index contributed by atoms with van der Waals surface area (Å²) < 4.78 is 5.46. The number of hydrogen-bond acceptors (Lipinski definition) is 5. The van der Waals surface area contributed by atoms with Crippen molar-refractivity contribution in [2.45, 2.75) is 122 Å². The van der Waals surface area contributed by atoms with Crippen LogP contribution in [0, 0.1) is 23.2 Å². The average Bonchev–Trinajstić information content (AvgIpc) is 2.87. The molecular weight excluding hydrogens is 498 g/mol. The Balaban J connectivity index is 1.17. The SMILES string of the molecule is CCCCCCCCCCCCOC(=O)CC1C(=O)NCCN1C(=S)NC(=O)C12CC3CC(CC(C3)C1)C2. The summed E-state index contributed by atoms with van der Waals surface area (Å²) in [4.78, 5) is 40.4. The van der Waals surface area contributed by atoms with Crippen molar-refractivity contribution in [3.8, 4) is 0 Å². The van der Waals surface area contributed by atoms with Gasteiger partial charge in [-0.1, -0.05) is 64.7 Å². The number of rotatable bonds is 14. The molecule has 5 rings (SSSR count). The third-order valence-electron chi connectivity index (χ3n) is 9.45. The summed E-state index contributed by atoms with van der Waals surface area (Å²) in [5, 5.41) is 6.11. The number of hydrogen-bond donors (Lipinski definition) is 2. The monoisotopic (exact) mass is 547 g/mol. The van der Waals surface area contributed by atoms with Crippen LogP contribution in [0.5, 0.6) is 0 Å². The molecule has 0 spiro atoms. The maximum atomic E-state index is 13.5. The highest BCUT2D eigenvalue weighted by Crippen LogP contribution is 2.60. The van der Waals surface area contributed by atoms with E-state index in [1.54, 1.807) is 4.90 Å². The first-order chi connectivity index (χ1) is 18.4. The van der Waals surface area contributed by atoms with Gasteiger partial charge in [0, 0.05) is 13.1 Å². The van der Waals surface area contributed by atoms with Crippen molar-refractivity contribution in [2.75, 3.05) is 19.7 Å². The fourth-order valence-corrected chi connectivity index (χ4v) is 8.15. The number of amides is 2. The largest absolute Gasteiger partial charge is 0.466 e. The number of carbonyl (C=O) groups excluding carboxylic acids is 3. The van der Waals surface area contributed by atoms with Crippen molar-refractivity contribution in [3.63, 3.8) is 0 Å². The molecule has 1 saturated heterocycles. The van der Waals surface area contributed by atoms with E-state index in [2.05, 4.69) is 17.6 Å². The van der Waals surface area contributed by atoms with Crippen LogP contribution in [-0.2, 0) is 19.1 Å². The van der Waals surface area contributed by atoms with Crippen LogP contribution in [0.1, 0.15) is 116 Å². The van der Waals surface area contributed by atoms with E-state index in [0.717, 1.165) is 32.1 Å². The van der Waals surface area contributed by atoms with Crippen molar-refractivity contribution in [3.05, 3.63) is 0 Å². The second-order valence-corrected chi connectivity index (χ2v) is 13.0. The van der Waals surface area contributed by atoms with Gasteiger partial charge in [0.1, 0.15) is 6.04 Å². The Labute approximate surface area is 234 Å². The Hall–Kier alpha value is -1.70. The number of carbonyl (C=O) groups is 3. The Morgan fingerprint density at radius 2 is 1.50 bits per heavy atom. The highest BCUT2D eigenvalue weighted by atomic mass is 32.1. The zero-order valence-electron chi connectivity index (χ0n) is 23.4. The van der Waals surface area contributed by atoms with Crippen LogP contribution in [0.25, 0.3) is 0 Å². The van der Waals surface area contributed by atoms with Gasteiger partial charge in [0.05, 0.1) is 18.4 Å². The first-order valence-corrected chi connectivity index (χ1v) is 15.9. The van der Waals surface area contributed by atoms with Gasteiger partial charge in [0.2, 0.25) is 11.8 Å². The molecule has 0 aromatic rings. The molecule has 1 atom stereocenters. The van der Waals surface area contributed by atoms with E-state index in [1.165, 1.54) is 70.6 Å². The van der Waals surface area contributed by atoms with Crippen molar-refractivity contribution in [2.24, 2.45) is 23.2 Å². The molecule has 2 N–H and O–H groups in total. The van der Waals surface area contributed by atoms with Gasteiger partial charge in [0.15, 0.2) is 5.11 Å². The van der Waals surface area contributed by atoms with Crippen LogP contribution >= 0.6 is 12.2 Å². The topological polar surface area (TPSA) is 87.7 Å². The van der Waals surface area contributed by atoms with Gasteiger partial charge >= 0.3 is 5.97 Å². The summed E-state index contributed by atoms with van der Waals surface area (Å²) in [6, 6.07) is -0.742. The van der Waals surface area contributed by atoms with Crippen LogP contribution in [-0.4, -0.2) is 53.5 Å². The standard InChI is InChI=1S/C30H49N3O4S/c1-2-3-4-5-6-7-8-9-10-11-14-37-26(34)18-25-27(35)31-12-13-33(25)29(38)32-28(36)30-19-22-15-23(20-30)17-24(16-22)21-30/h22-25H,2-21H2,1H3,(H,31,35)(H,32,36,38). The van der Waals surface area contributed by atoms with E-state index in [4.69, 9.17) is 17.0 Å². The number of thiocarbonyl (C=S) groups is 1. The summed E-state index contributed by atoms with van der Waals surface area (Å²) >= 11 is 5.64. The summed E-state index contributed by atoms with van der Waals surface area (Å²) in [5.74, 6) is 1.40. The van der Waals surface area contributed by atoms with Gasteiger partial charge in [-0.2, -0.15) is 0 Å². The maximum Gasteiger partial charge on any atom is 0.308 e. The molecule has 2 amide bonds. The fraction of sp³-hybridized carbons (Fsp3) is 0.867. The lowest BCUT2D eigenvalue weighted by atomic mass is 9.49. The first kappa shape index (κ1) is 29.3. The Kier molecular flexibility index (Phi) is 10.9. The molecule has 4 bridgehead atoms. The fourth-order valence-electron chi connectivity index (χ4n) is 7.84. The Morgan fingerprint density at radius 3 is 2.08 bits per heavy atom. The van der Waals surface area contributed by atoms with Gasteiger partial charge < -0.3 is 20.3 Å². The van der Waals surface area contributed by atoms with E-state index in [-0.39, 0.29) is 34.7 Å². The van der Waals surface area contributed by atoms with Crippen molar-refractivity contribution in [1.82, 2.24) is 15.5 Å². The van der Waals surface area contributed by atoms with Gasteiger partial charge in [0.25, 0.3) is 0 Å². The second kappa shape index (κ2) is 14.1. The van der Waals surface area contributed by atoms with Gasteiger partial charge in [-0.3, -0.25) is 14.4 Å². The smallest absolute Gasteiger partial charge is 0.308 e. The van der Waals surface area contributed by atoms with E-state index < -0.39 is 6.04 Å². The Bertz CT molecular complexity index is 812. The highest BCUT2D eigenvalue weighted by molar-refractivity contribution is 7.80. The predicted molar refractivity (Wildman–Crippen MR) is 152 cm³/mol. The lowest BCUT2D eigenvalue weighted by Gasteiger charge is -2.55. The van der Waals surface area contributed by atoms with E-state index in [0.29, 0.717) is 37.5 Å². The van der Waals surface area contributed by atoms with Crippen LogP contribution < -0.4 is 10.6 Å². The molecule has 0 aromatic heterocycles. The molecule has 38 heavy (non-hydrogen) atoms. The lowest BCUT2D eigenvalue weighted by molar-refractivity contribution is -0.147. The van der Waals surface area contributed by atoms with Crippen molar-refractivity contribution in [1.29, 1.82) is 0 Å². The first-order valence-electron chi connectivity index (χ1n) is 15.5. The normalized spacial score (nSPS) is 29.7. The van der Waals surface area contributed by atoms with E-state index >= 15 is 0 Å². The molecule has 0 aromatic carbocycles. The van der Waals surface area contributed by atoms with Crippen molar-refractivity contribution < 1.29 is 19.1 Å². The third-order valence-corrected chi connectivity index (χ3v) is 9.79. The number of nitrogens with one attached hydrogen (secondary N) is 2. The van der Waals surface area contributed by atoms with Crippen LogP contribution in [0.3, 0.4) is 0 Å². The Morgan fingerprint density at radius 1 is 0.947 bits per heavy atom. The predicted octanol–water partition coefficient (Wildman–Crippen LogP) is 5.26. The summed E-state index contributed by atoms with van der Waals surface area (Å²) in [7, 11) is 0.